The molecule has 1 aromatic rings. The SMILES string of the molecule is CCC(CNC)Cc1ccc2c(c1)NC(=O)CS2. The molecule has 98 valence electrons. The summed E-state index contributed by atoms with van der Waals surface area (Å²) in [5, 5.41) is 6.18. The van der Waals surface area contributed by atoms with Crippen LogP contribution in [0.4, 0.5) is 5.69 Å². The Kier molecular flexibility index (Phi) is 4.66. The van der Waals surface area contributed by atoms with Crippen molar-refractivity contribution in [2.24, 2.45) is 5.92 Å². The van der Waals surface area contributed by atoms with Gasteiger partial charge in [-0.05, 0) is 43.6 Å². The fourth-order valence-electron chi connectivity index (χ4n) is 2.24. The molecule has 4 heteroatoms. The van der Waals surface area contributed by atoms with Gasteiger partial charge in [0.2, 0.25) is 5.91 Å². The van der Waals surface area contributed by atoms with E-state index in [0.29, 0.717) is 11.7 Å². The minimum atomic E-state index is 0.104. The van der Waals surface area contributed by atoms with E-state index < -0.39 is 0 Å². The summed E-state index contributed by atoms with van der Waals surface area (Å²) in [4.78, 5) is 12.6. The molecule has 1 unspecified atom stereocenters. The molecule has 18 heavy (non-hydrogen) atoms. The molecule has 3 nitrogen and oxygen atoms in total. The van der Waals surface area contributed by atoms with Crippen molar-refractivity contribution in [3.63, 3.8) is 0 Å². The smallest absolute Gasteiger partial charge is 0.234 e. The van der Waals surface area contributed by atoms with E-state index in [9.17, 15) is 4.79 Å². The predicted molar refractivity (Wildman–Crippen MR) is 77.2 cm³/mol. The zero-order chi connectivity index (χ0) is 13.0. The van der Waals surface area contributed by atoms with Crippen molar-refractivity contribution in [2.45, 2.75) is 24.7 Å². The maximum atomic E-state index is 11.4. The van der Waals surface area contributed by atoms with Crippen LogP contribution in [-0.2, 0) is 11.2 Å². The second-order valence-corrected chi connectivity index (χ2v) is 5.72. The molecule has 0 fully saturated rings. The standard InChI is InChI=1S/C14H20N2OS/c1-3-10(8-15-2)6-11-4-5-13-12(7-11)16-14(17)9-18-13/h4-5,7,10,15H,3,6,8-9H2,1-2H3,(H,16,17). The fourth-order valence-corrected chi connectivity index (χ4v) is 3.03. The average Bonchev–Trinajstić information content (AvgIpc) is 2.37. The molecule has 0 spiro atoms. The Hall–Kier alpha value is -1.000. The zero-order valence-electron chi connectivity index (χ0n) is 11.0. The third-order valence-electron chi connectivity index (χ3n) is 3.27. The summed E-state index contributed by atoms with van der Waals surface area (Å²) in [6.45, 7) is 3.26. The van der Waals surface area contributed by atoms with E-state index >= 15 is 0 Å². The van der Waals surface area contributed by atoms with Crippen molar-refractivity contribution in [3.8, 4) is 0 Å². The summed E-state index contributed by atoms with van der Waals surface area (Å²) in [6.07, 6.45) is 2.23. The number of hydrogen-bond donors (Lipinski definition) is 2. The molecule has 1 aliphatic heterocycles. The Bertz CT molecular complexity index is 434. The van der Waals surface area contributed by atoms with Crippen molar-refractivity contribution in [3.05, 3.63) is 23.8 Å². The first-order chi connectivity index (χ1) is 8.72. The lowest BCUT2D eigenvalue weighted by Gasteiger charge is -2.19. The van der Waals surface area contributed by atoms with Gasteiger partial charge in [-0.2, -0.15) is 0 Å². The second kappa shape index (κ2) is 6.25. The molecular formula is C14H20N2OS. The predicted octanol–water partition coefficient (Wildman–Crippen LogP) is 2.52. The summed E-state index contributed by atoms with van der Waals surface area (Å²) in [7, 11) is 1.99. The van der Waals surface area contributed by atoms with Gasteiger partial charge in [0.15, 0.2) is 0 Å². The van der Waals surface area contributed by atoms with Crippen LogP contribution in [0.2, 0.25) is 0 Å². The molecule has 1 heterocycles. The highest BCUT2D eigenvalue weighted by Crippen LogP contribution is 2.32. The van der Waals surface area contributed by atoms with E-state index in [-0.39, 0.29) is 5.91 Å². The molecule has 0 saturated carbocycles. The van der Waals surface area contributed by atoms with E-state index in [1.165, 1.54) is 16.9 Å². The average molecular weight is 264 g/mol. The van der Waals surface area contributed by atoms with Gasteiger partial charge >= 0.3 is 0 Å². The minimum absolute atomic E-state index is 0.104. The van der Waals surface area contributed by atoms with Gasteiger partial charge < -0.3 is 10.6 Å². The van der Waals surface area contributed by atoms with Gasteiger partial charge in [0.25, 0.3) is 0 Å². The van der Waals surface area contributed by atoms with Crippen LogP contribution in [0, 0.1) is 5.92 Å². The van der Waals surface area contributed by atoms with Crippen molar-refractivity contribution >= 4 is 23.4 Å². The van der Waals surface area contributed by atoms with Crippen molar-refractivity contribution < 1.29 is 4.79 Å². The fraction of sp³-hybridized carbons (Fsp3) is 0.500. The number of carbonyl (C=O) groups excluding carboxylic acids is 1. The van der Waals surface area contributed by atoms with Gasteiger partial charge in [0.1, 0.15) is 0 Å². The van der Waals surface area contributed by atoms with Crippen LogP contribution in [-0.4, -0.2) is 25.3 Å². The molecule has 1 amide bonds. The summed E-state index contributed by atoms with van der Waals surface area (Å²) < 4.78 is 0. The van der Waals surface area contributed by atoms with Crippen LogP contribution in [0.5, 0.6) is 0 Å². The highest BCUT2D eigenvalue weighted by molar-refractivity contribution is 8.00. The number of anilines is 1. The van der Waals surface area contributed by atoms with Crippen LogP contribution < -0.4 is 10.6 Å². The first kappa shape index (κ1) is 13.4. The molecule has 1 aliphatic rings. The van der Waals surface area contributed by atoms with Gasteiger partial charge in [-0.1, -0.05) is 19.4 Å². The zero-order valence-corrected chi connectivity index (χ0v) is 11.8. The number of fused-ring (bicyclic) bond motifs is 1. The quantitative estimate of drug-likeness (QED) is 0.858. The largest absolute Gasteiger partial charge is 0.324 e. The number of amides is 1. The first-order valence-electron chi connectivity index (χ1n) is 6.43. The van der Waals surface area contributed by atoms with Gasteiger partial charge in [-0.25, -0.2) is 0 Å². The molecule has 0 aliphatic carbocycles. The maximum absolute atomic E-state index is 11.4. The molecule has 0 bridgehead atoms. The first-order valence-corrected chi connectivity index (χ1v) is 7.41. The van der Waals surface area contributed by atoms with Crippen molar-refractivity contribution in [1.82, 2.24) is 5.32 Å². The highest BCUT2D eigenvalue weighted by atomic mass is 32.2. The lowest BCUT2D eigenvalue weighted by atomic mass is 9.96. The van der Waals surface area contributed by atoms with E-state index in [1.54, 1.807) is 11.8 Å². The van der Waals surface area contributed by atoms with Gasteiger partial charge in [-0.15, -0.1) is 11.8 Å². The molecule has 2 rings (SSSR count). The van der Waals surface area contributed by atoms with E-state index in [4.69, 9.17) is 0 Å². The van der Waals surface area contributed by atoms with Crippen molar-refractivity contribution in [2.75, 3.05) is 24.7 Å². The van der Waals surface area contributed by atoms with Crippen LogP contribution in [0.25, 0.3) is 0 Å². The molecule has 1 atom stereocenters. The summed E-state index contributed by atoms with van der Waals surface area (Å²) in [5.74, 6) is 1.29. The van der Waals surface area contributed by atoms with Gasteiger partial charge in [0, 0.05) is 4.90 Å². The third-order valence-corrected chi connectivity index (χ3v) is 4.34. The number of thioether (sulfide) groups is 1. The Morgan fingerprint density at radius 1 is 1.50 bits per heavy atom. The lowest BCUT2D eigenvalue weighted by Crippen LogP contribution is -2.21. The van der Waals surface area contributed by atoms with Gasteiger partial charge in [0.05, 0.1) is 11.4 Å². The number of hydrogen-bond acceptors (Lipinski definition) is 3. The number of benzene rings is 1. The monoisotopic (exact) mass is 264 g/mol. The lowest BCUT2D eigenvalue weighted by molar-refractivity contribution is -0.113. The summed E-state index contributed by atoms with van der Waals surface area (Å²) in [5.41, 5.74) is 2.28. The topological polar surface area (TPSA) is 41.1 Å². The van der Waals surface area contributed by atoms with Crippen molar-refractivity contribution in [1.29, 1.82) is 0 Å². The number of carbonyl (C=O) groups is 1. The molecule has 2 N–H and O–H groups in total. The molecule has 0 radical (unpaired) electrons. The van der Waals surface area contributed by atoms with Crippen LogP contribution in [0.3, 0.4) is 0 Å². The van der Waals surface area contributed by atoms with E-state index in [2.05, 4.69) is 35.8 Å². The Labute approximate surface area is 113 Å². The van der Waals surface area contributed by atoms with E-state index in [0.717, 1.165) is 18.7 Å². The normalized spacial score (nSPS) is 16.0. The van der Waals surface area contributed by atoms with E-state index in [1.807, 2.05) is 7.05 Å². The Morgan fingerprint density at radius 3 is 3.06 bits per heavy atom. The van der Waals surface area contributed by atoms with Gasteiger partial charge in [-0.3, -0.25) is 4.79 Å². The molecular weight excluding hydrogens is 244 g/mol. The minimum Gasteiger partial charge on any atom is -0.324 e. The molecule has 1 aromatic carbocycles. The highest BCUT2D eigenvalue weighted by Gasteiger charge is 2.16. The van der Waals surface area contributed by atoms with Crippen LogP contribution in [0.1, 0.15) is 18.9 Å². The summed E-state index contributed by atoms with van der Waals surface area (Å²) >= 11 is 1.62. The maximum Gasteiger partial charge on any atom is 0.234 e. The van der Waals surface area contributed by atoms with Crippen LogP contribution >= 0.6 is 11.8 Å². The Balaban J connectivity index is 2.10. The van der Waals surface area contributed by atoms with Crippen LogP contribution in [0.15, 0.2) is 23.1 Å². The third kappa shape index (κ3) is 3.27. The molecule has 0 saturated heterocycles. The number of nitrogens with one attached hydrogen (secondary N) is 2. The Morgan fingerprint density at radius 2 is 2.33 bits per heavy atom. The molecule has 0 aromatic heterocycles. The number of rotatable bonds is 5. The second-order valence-electron chi connectivity index (χ2n) is 4.70. The summed E-state index contributed by atoms with van der Waals surface area (Å²) in [6, 6.07) is 6.43.